The normalized spacial score (nSPS) is 35.7. The molecule has 4 bridgehead atoms. The van der Waals surface area contributed by atoms with E-state index in [-0.39, 0.29) is 11.3 Å². The maximum Gasteiger partial charge on any atom is 0.221 e. The van der Waals surface area contributed by atoms with E-state index in [0.717, 1.165) is 17.8 Å². The van der Waals surface area contributed by atoms with E-state index in [9.17, 15) is 4.79 Å². The molecule has 4 fully saturated rings. The molecule has 0 heterocycles. The maximum atomic E-state index is 13.1. The Morgan fingerprint density at radius 1 is 0.893 bits per heavy atom. The molecule has 28 heavy (non-hydrogen) atoms. The van der Waals surface area contributed by atoms with Crippen LogP contribution >= 0.6 is 0 Å². The van der Waals surface area contributed by atoms with Gasteiger partial charge in [0.25, 0.3) is 0 Å². The van der Waals surface area contributed by atoms with E-state index in [0.29, 0.717) is 24.8 Å². The quantitative estimate of drug-likeness (QED) is 0.754. The van der Waals surface area contributed by atoms with Crippen LogP contribution in [0.5, 0.6) is 0 Å². The Hall–Kier alpha value is -2.09. The molecule has 4 aliphatic carbocycles. The summed E-state index contributed by atoms with van der Waals surface area (Å²) in [6.45, 7) is 3.10. The first kappa shape index (κ1) is 18.0. The molecule has 1 N–H and O–H groups in total. The lowest BCUT2D eigenvalue weighted by Gasteiger charge is -2.63. The zero-order valence-electron chi connectivity index (χ0n) is 16.8. The summed E-state index contributed by atoms with van der Waals surface area (Å²) in [5.41, 5.74) is 2.62. The molecule has 0 aromatic heterocycles. The van der Waals surface area contributed by atoms with Gasteiger partial charge < -0.3 is 5.32 Å². The fourth-order valence-corrected chi connectivity index (χ4v) is 7.00. The van der Waals surface area contributed by atoms with Crippen molar-refractivity contribution in [2.24, 2.45) is 29.6 Å². The Morgan fingerprint density at radius 3 is 2.00 bits per heavy atom. The molecule has 4 aliphatic rings. The lowest BCUT2D eigenvalue weighted by atomic mass is 9.41. The third-order valence-corrected chi connectivity index (χ3v) is 8.39. The minimum absolute atomic E-state index is 0.0369. The second-order valence-corrected chi connectivity index (χ2v) is 9.56. The number of hydrogen-bond donors (Lipinski definition) is 1. The van der Waals surface area contributed by atoms with Gasteiger partial charge in [-0.15, -0.1) is 0 Å². The van der Waals surface area contributed by atoms with Crippen molar-refractivity contribution in [1.82, 2.24) is 5.32 Å². The lowest BCUT2D eigenvalue weighted by Crippen LogP contribution is -2.59. The maximum absolute atomic E-state index is 13.1. The number of amides is 1. The van der Waals surface area contributed by atoms with Gasteiger partial charge in [-0.3, -0.25) is 4.79 Å². The molecule has 2 aromatic rings. The smallest absolute Gasteiger partial charge is 0.221 e. The van der Waals surface area contributed by atoms with E-state index in [4.69, 9.17) is 0 Å². The van der Waals surface area contributed by atoms with Crippen molar-refractivity contribution in [3.63, 3.8) is 0 Å². The standard InChI is InChI=1S/C26H31NO/c1-18-20-12-23-14-21(18)15-24(13-20)26(23,22-10-6-3-7-11-22)16-25(28)27-17-19-8-4-2-5-9-19/h2-11,18,20-21,23-24H,12-17H2,1H3,(H,27,28). The van der Waals surface area contributed by atoms with Crippen molar-refractivity contribution >= 4 is 5.91 Å². The van der Waals surface area contributed by atoms with Gasteiger partial charge in [-0.1, -0.05) is 67.6 Å². The van der Waals surface area contributed by atoms with Gasteiger partial charge in [0.1, 0.15) is 0 Å². The van der Waals surface area contributed by atoms with E-state index in [1.54, 1.807) is 0 Å². The number of benzene rings is 2. The first-order valence-corrected chi connectivity index (χ1v) is 11.0. The molecule has 6 rings (SSSR count). The van der Waals surface area contributed by atoms with Crippen LogP contribution in [0.2, 0.25) is 0 Å². The highest BCUT2D eigenvalue weighted by atomic mass is 16.1. The second-order valence-electron chi connectivity index (χ2n) is 9.56. The number of rotatable bonds is 5. The van der Waals surface area contributed by atoms with Crippen molar-refractivity contribution in [1.29, 1.82) is 0 Å². The molecule has 0 atom stereocenters. The van der Waals surface area contributed by atoms with Crippen LogP contribution in [-0.2, 0) is 16.8 Å². The fraction of sp³-hybridized carbons (Fsp3) is 0.500. The van der Waals surface area contributed by atoms with Crippen molar-refractivity contribution in [3.05, 3.63) is 71.8 Å². The summed E-state index contributed by atoms with van der Waals surface area (Å²) < 4.78 is 0. The van der Waals surface area contributed by atoms with Gasteiger partial charge in [-0.05, 0) is 66.4 Å². The highest BCUT2D eigenvalue weighted by Gasteiger charge is 2.60. The summed E-state index contributed by atoms with van der Waals surface area (Å²) in [6, 6.07) is 21.2. The number of hydrogen-bond acceptors (Lipinski definition) is 1. The van der Waals surface area contributed by atoms with Crippen LogP contribution in [0, 0.1) is 29.6 Å². The lowest BCUT2D eigenvalue weighted by molar-refractivity contribution is -0.133. The van der Waals surface area contributed by atoms with Crippen LogP contribution in [0.15, 0.2) is 60.7 Å². The zero-order chi connectivity index (χ0) is 19.1. The van der Waals surface area contributed by atoms with Crippen molar-refractivity contribution in [2.75, 3.05) is 0 Å². The molecule has 2 heteroatoms. The Morgan fingerprint density at radius 2 is 1.43 bits per heavy atom. The minimum Gasteiger partial charge on any atom is -0.352 e. The minimum atomic E-state index is 0.0369. The second kappa shape index (κ2) is 7.06. The molecule has 4 saturated carbocycles. The number of carbonyl (C=O) groups excluding carboxylic acids is 1. The average Bonchev–Trinajstić information content (AvgIpc) is 2.72. The highest BCUT2D eigenvalue weighted by Crippen LogP contribution is 2.65. The highest BCUT2D eigenvalue weighted by molar-refractivity contribution is 5.78. The van der Waals surface area contributed by atoms with Gasteiger partial charge in [-0.2, -0.15) is 0 Å². The monoisotopic (exact) mass is 373 g/mol. The topological polar surface area (TPSA) is 29.1 Å². The summed E-state index contributed by atoms with van der Waals surface area (Å²) in [6.07, 6.45) is 5.90. The molecule has 2 aromatic carbocycles. The van der Waals surface area contributed by atoms with Crippen LogP contribution in [-0.4, -0.2) is 5.91 Å². The molecule has 0 spiro atoms. The third-order valence-electron chi connectivity index (χ3n) is 8.39. The Kier molecular flexibility index (Phi) is 4.53. The Labute approximate surface area is 168 Å². The van der Waals surface area contributed by atoms with E-state index in [1.807, 2.05) is 18.2 Å². The Bertz CT molecular complexity index is 798. The first-order valence-electron chi connectivity index (χ1n) is 11.0. The molecular weight excluding hydrogens is 342 g/mol. The van der Waals surface area contributed by atoms with Crippen molar-refractivity contribution < 1.29 is 4.79 Å². The van der Waals surface area contributed by atoms with E-state index in [1.165, 1.54) is 36.8 Å². The molecule has 0 aliphatic heterocycles. The number of carbonyl (C=O) groups is 1. The van der Waals surface area contributed by atoms with Gasteiger partial charge in [0.15, 0.2) is 0 Å². The van der Waals surface area contributed by atoms with Gasteiger partial charge in [-0.25, -0.2) is 0 Å². The molecule has 0 radical (unpaired) electrons. The molecular formula is C26H31NO. The summed E-state index contributed by atoms with van der Waals surface area (Å²) in [5, 5.41) is 3.22. The summed E-state index contributed by atoms with van der Waals surface area (Å²) in [7, 11) is 0. The van der Waals surface area contributed by atoms with Crippen LogP contribution in [0.3, 0.4) is 0 Å². The van der Waals surface area contributed by atoms with Crippen molar-refractivity contribution in [3.8, 4) is 0 Å². The first-order chi connectivity index (χ1) is 13.7. The molecule has 146 valence electrons. The largest absolute Gasteiger partial charge is 0.352 e. The summed E-state index contributed by atoms with van der Waals surface area (Å²) in [5.74, 6) is 4.19. The van der Waals surface area contributed by atoms with E-state index < -0.39 is 0 Å². The Balaban J connectivity index is 1.41. The van der Waals surface area contributed by atoms with Gasteiger partial charge in [0, 0.05) is 18.4 Å². The summed E-state index contributed by atoms with van der Waals surface area (Å²) in [4.78, 5) is 13.1. The molecule has 0 unspecified atom stereocenters. The molecule has 2 nitrogen and oxygen atoms in total. The third kappa shape index (κ3) is 2.89. The fourth-order valence-electron chi connectivity index (χ4n) is 7.00. The summed E-state index contributed by atoms with van der Waals surface area (Å²) >= 11 is 0. The molecule has 0 saturated heterocycles. The van der Waals surface area contributed by atoms with Gasteiger partial charge in [0.2, 0.25) is 5.91 Å². The van der Waals surface area contributed by atoms with Crippen LogP contribution in [0.4, 0.5) is 0 Å². The van der Waals surface area contributed by atoms with Crippen molar-refractivity contribution in [2.45, 2.75) is 51.0 Å². The van der Waals surface area contributed by atoms with Crippen LogP contribution in [0.25, 0.3) is 0 Å². The SMILES string of the molecule is CC1C2CC3CC1CC(C2)C3(CC(=O)NCc1ccccc1)c1ccccc1. The van der Waals surface area contributed by atoms with Gasteiger partial charge >= 0.3 is 0 Å². The van der Waals surface area contributed by atoms with E-state index in [2.05, 4.69) is 54.7 Å². The van der Waals surface area contributed by atoms with Crippen LogP contribution < -0.4 is 5.32 Å². The zero-order valence-corrected chi connectivity index (χ0v) is 16.8. The average molecular weight is 374 g/mol. The van der Waals surface area contributed by atoms with Crippen LogP contribution in [0.1, 0.15) is 50.2 Å². The van der Waals surface area contributed by atoms with E-state index >= 15 is 0 Å². The number of nitrogens with one attached hydrogen (secondary N) is 1. The predicted octanol–water partition coefficient (Wildman–Crippen LogP) is 5.33. The van der Waals surface area contributed by atoms with Gasteiger partial charge in [0.05, 0.1) is 0 Å². The molecule has 1 amide bonds. The predicted molar refractivity (Wildman–Crippen MR) is 113 cm³/mol.